The summed E-state index contributed by atoms with van der Waals surface area (Å²) in [5, 5.41) is 0. The maximum Gasteiger partial charge on any atom is 0.194 e. The summed E-state index contributed by atoms with van der Waals surface area (Å²) in [6.45, 7) is 2.84. The molecule has 1 saturated heterocycles. The second-order valence-electron chi connectivity index (χ2n) is 5.48. The third-order valence-corrected chi connectivity index (χ3v) is 3.78. The van der Waals surface area contributed by atoms with E-state index in [1.165, 1.54) is 0 Å². The predicted molar refractivity (Wildman–Crippen MR) is 85.2 cm³/mol. The molecule has 3 rings (SSSR count). The van der Waals surface area contributed by atoms with Gasteiger partial charge in [0.1, 0.15) is 11.9 Å². The number of ketones is 1. The van der Waals surface area contributed by atoms with Crippen LogP contribution in [0.2, 0.25) is 0 Å². The van der Waals surface area contributed by atoms with Crippen LogP contribution in [0.25, 0.3) is 0 Å². The lowest BCUT2D eigenvalue weighted by Crippen LogP contribution is -2.08. The van der Waals surface area contributed by atoms with Gasteiger partial charge in [-0.3, -0.25) is 4.79 Å². The summed E-state index contributed by atoms with van der Waals surface area (Å²) < 4.78 is 11.2. The van der Waals surface area contributed by atoms with Crippen molar-refractivity contribution in [2.75, 3.05) is 6.61 Å². The van der Waals surface area contributed by atoms with Crippen LogP contribution in [0, 0.1) is 0 Å². The number of carbonyl (C=O) groups is 1. The fourth-order valence-corrected chi connectivity index (χ4v) is 2.42. The molecule has 0 aliphatic carbocycles. The summed E-state index contributed by atoms with van der Waals surface area (Å²) in [5.41, 5.74) is 1.73. The van der Waals surface area contributed by atoms with Crippen LogP contribution in [0.3, 0.4) is 0 Å². The number of hydrogen-bond acceptors (Lipinski definition) is 3. The van der Waals surface area contributed by atoms with Crippen LogP contribution in [0.4, 0.5) is 0 Å². The minimum atomic E-state index is -0.353. The van der Waals surface area contributed by atoms with E-state index in [4.69, 9.17) is 9.47 Å². The fourth-order valence-electron chi connectivity index (χ4n) is 2.42. The SMILES string of the molecule is CCCCOc1ccc(C(=O)C2OC2c2ccccc2)cc1. The number of unbranched alkanes of at least 4 members (excludes halogenated alkanes) is 1. The van der Waals surface area contributed by atoms with Crippen molar-refractivity contribution in [3.63, 3.8) is 0 Å². The number of Topliss-reactive ketones (excluding diaryl/α,β-unsaturated/α-hetero) is 1. The average molecular weight is 296 g/mol. The summed E-state index contributed by atoms with van der Waals surface area (Å²) in [4.78, 5) is 12.4. The molecule has 0 aromatic heterocycles. The second kappa shape index (κ2) is 6.75. The number of epoxide rings is 1. The van der Waals surface area contributed by atoms with Crippen molar-refractivity contribution in [2.24, 2.45) is 0 Å². The van der Waals surface area contributed by atoms with E-state index >= 15 is 0 Å². The standard InChI is InChI=1S/C19H20O3/c1-2-3-13-21-16-11-9-14(10-12-16)17(20)19-18(22-19)15-7-5-4-6-8-15/h4-12,18-19H,2-3,13H2,1H3. The Bertz CT molecular complexity index is 619. The van der Waals surface area contributed by atoms with Gasteiger partial charge >= 0.3 is 0 Å². The first-order chi connectivity index (χ1) is 10.8. The molecule has 114 valence electrons. The molecule has 0 N–H and O–H groups in total. The lowest BCUT2D eigenvalue weighted by Gasteiger charge is -2.05. The fraction of sp³-hybridized carbons (Fsp3) is 0.316. The molecule has 2 unspecified atom stereocenters. The predicted octanol–water partition coefficient (Wildman–Crippen LogP) is 4.19. The van der Waals surface area contributed by atoms with Crippen molar-refractivity contribution in [1.29, 1.82) is 0 Å². The van der Waals surface area contributed by atoms with Gasteiger partial charge in [-0.25, -0.2) is 0 Å². The molecule has 2 atom stereocenters. The summed E-state index contributed by atoms with van der Waals surface area (Å²) in [6, 6.07) is 17.2. The molecule has 1 fully saturated rings. The maximum absolute atomic E-state index is 12.4. The van der Waals surface area contributed by atoms with Crippen LogP contribution in [0.1, 0.15) is 41.8 Å². The number of rotatable bonds is 7. The van der Waals surface area contributed by atoms with Gasteiger partial charge in [-0.05, 0) is 36.2 Å². The van der Waals surface area contributed by atoms with Gasteiger partial charge in [-0.2, -0.15) is 0 Å². The first kappa shape index (κ1) is 14.8. The number of carbonyl (C=O) groups excluding carboxylic acids is 1. The van der Waals surface area contributed by atoms with Crippen molar-refractivity contribution in [2.45, 2.75) is 32.0 Å². The van der Waals surface area contributed by atoms with E-state index in [0.717, 1.165) is 24.2 Å². The molecular formula is C19H20O3. The highest BCUT2D eigenvalue weighted by atomic mass is 16.6. The lowest BCUT2D eigenvalue weighted by molar-refractivity contribution is 0.0953. The highest BCUT2D eigenvalue weighted by Crippen LogP contribution is 2.40. The van der Waals surface area contributed by atoms with E-state index in [9.17, 15) is 4.79 Å². The largest absolute Gasteiger partial charge is 0.494 e. The molecule has 0 radical (unpaired) electrons. The molecule has 2 aromatic carbocycles. The molecular weight excluding hydrogens is 276 g/mol. The van der Waals surface area contributed by atoms with Gasteiger partial charge in [0.25, 0.3) is 0 Å². The number of benzene rings is 2. The van der Waals surface area contributed by atoms with Gasteiger partial charge in [0.05, 0.1) is 6.61 Å². The normalized spacial score (nSPS) is 19.7. The molecule has 0 bridgehead atoms. The van der Waals surface area contributed by atoms with Gasteiger partial charge in [0, 0.05) is 5.56 Å². The van der Waals surface area contributed by atoms with Gasteiger partial charge in [-0.1, -0.05) is 43.7 Å². The van der Waals surface area contributed by atoms with Crippen LogP contribution in [-0.2, 0) is 4.74 Å². The van der Waals surface area contributed by atoms with Crippen LogP contribution in [0.15, 0.2) is 54.6 Å². The molecule has 2 aromatic rings. The molecule has 0 saturated carbocycles. The van der Waals surface area contributed by atoms with E-state index in [1.807, 2.05) is 54.6 Å². The van der Waals surface area contributed by atoms with Crippen molar-refractivity contribution in [1.82, 2.24) is 0 Å². The lowest BCUT2D eigenvalue weighted by atomic mass is 10.0. The van der Waals surface area contributed by atoms with E-state index < -0.39 is 0 Å². The van der Waals surface area contributed by atoms with Crippen molar-refractivity contribution in [3.05, 3.63) is 65.7 Å². The van der Waals surface area contributed by atoms with Crippen molar-refractivity contribution < 1.29 is 14.3 Å². The Morgan fingerprint density at radius 1 is 1.09 bits per heavy atom. The third kappa shape index (κ3) is 3.37. The highest BCUT2D eigenvalue weighted by molar-refractivity contribution is 6.01. The first-order valence-electron chi connectivity index (χ1n) is 7.77. The minimum Gasteiger partial charge on any atom is -0.494 e. The van der Waals surface area contributed by atoms with Gasteiger partial charge in [0.2, 0.25) is 0 Å². The van der Waals surface area contributed by atoms with Gasteiger partial charge in [-0.15, -0.1) is 0 Å². The average Bonchev–Trinajstić information content (AvgIpc) is 3.37. The summed E-state index contributed by atoms with van der Waals surface area (Å²) in [5.74, 6) is 0.843. The Kier molecular flexibility index (Phi) is 4.54. The molecule has 22 heavy (non-hydrogen) atoms. The van der Waals surface area contributed by atoms with E-state index in [0.29, 0.717) is 12.2 Å². The van der Waals surface area contributed by atoms with Crippen LogP contribution >= 0.6 is 0 Å². The molecule has 1 heterocycles. The van der Waals surface area contributed by atoms with Crippen LogP contribution < -0.4 is 4.74 Å². The third-order valence-electron chi connectivity index (χ3n) is 3.78. The zero-order valence-electron chi connectivity index (χ0n) is 12.7. The summed E-state index contributed by atoms with van der Waals surface area (Å²) >= 11 is 0. The Morgan fingerprint density at radius 2 is 1.82 bits per heavy atom. The summed E-state index contributed by atoms with van der Waals surface area (Å²) in [7, 11) is 0. The van der Waals surface area contributed by atoms with E-state index in [1.54, 1.807) is 0 Å². The molecule has 0 amide bonds. The molecule has 3 heteroatoms. The van der Waals surface area contributed by atoms with E-state index in [-0.39, 0.29) is 18.0 Å². The Hall–Kier alpha value is -2.13. The number of ether oxygens (including phenoxy) is 2. The molecule has 1 aliphatic rings. The molecule has 1 aliphatic heterocycles. The molecule has 0 spiro atoms. The monoisotopic (exact) mass is 296 g/mol. The van der Waals surface area contributed by atoms with Crippen molar-refractivity contribution in [3.8, 4) is 5.75 Å². The minimum absolute atomic E-state index is 0.0361. The Balaban J connectivity index is 1.59. The molecule has 3 nitrogen and oxygen atoms in total. The maximum atomic E-state index is 12.4. The van der Waals surface area contributed by atoms with Crippen LogP contribution in [0.5, 0.6) is 5.75 Å². The Labute approximate surface area is 130 Å². The zero-order chi connectivity index (χ0) is 15.4. The van der Waals surface area contributed by atoms with Gasteiger partial charge < -0.3 is 9.47 Å². The van der Waals surface area contributed by atoms with E-state index in [2.05, 4.69) is 6.92 Å². The first-order valence-corrected chi connectivity index (χ1v) is 7.77. The Morgan fingerprint density at radius 3 is 2.50 bits per heavy atom. The zero-order valence-corrected chi connectivity index (χ0v) is 12.7. The second-order valence-corrected chi connectivity index (χ2v) is 5.48. The topological polar surface area (TPSA) is 38.8 Å². The number of hydrogen-bond donors (Lipinski definition) is 0. The summed E-state index contributed by atoms with van der Waals surface area (Å²) in [6.07, 6.45) is 1.69. The highest BCUT2D eigenvalue weighted by Gasteiger charge is 2.45. The van der Waals surface area contributed by atoms with Gasteiger partial charge in [0.15, 0.2) is 11.9 Å². The van der Waals surface area contributed by atoms with Crippen molar-refractivity contribution >= 4 is 5.78 Å². The van der Waals surface area contributed by atoms with Crippen LogP contribution in [-0.4, -0.2) is 18.5 Å². The quantitative estimate of drug-likeness (QED) is 0.437. The smallest absolute Gasteiger partial charge is 0.194 e.